The van der Waals surface area contributed by atoms with Crippen LogP contribution in [-0.4, -0.2) is 24.1 Å². The first-order valence-electron chi connectivity index (χ1n) is 8.24. The molecule has 25 heavy (non-hydrogen) atoms. The van der Waals surface area contributed by atoms with E-state index in [9.17, 15) is 14.7 Å². The van der Waals surface area contributed by atoms with Gasteiger partial charge in [-0.3, -0.25) is 9.69 Å². The maximum Gasteiger partial charge on any atom is 0.336 e. The Balaban J connectivity index is 2.01. The van der Waals surface area contributed by atoms with Crippen molar-refractivity contribution in [2.24, 2.45) is 0 Å². The van der Waals surface area contributed by atoms with Gasteiger partial charge in [0.05, 0.1) is 30.0 Å². The fourth-order valence-electron chi connectivity index (χ4n) is 4.20. The van der Waals surface area contributed by atoms with Crippen LogP contribution < -0.4 is 9.64 Å². The first-order chi connectivity index (χ1) is 11.9. The van der Waals surface area contributed by atoms with Crippen molar-refractivity contribution >= 4 is 17.6 Å². The summed E-state index contributed by atoms with van der Waals surface area (Å²) in [6.07, 6.45) is 0.731. The van der Waals surface area contributed by atoms with Crippen molar-refractivity contribution in [1.82, 2.24) is 0 Å². The van der Waals surface area contributed by atoms with Crippen molar-refractivity contribution in [1.29, 1.82) is 0 Å². The number of benzene rings is 2. The molecule has 5 heteroatoms. The number of para-hydroxylation sites is 1. The lowest BCUT2D eigenvalue weighted by atomic mass is 9.74. The number of carboxylic acid groups (broad SMARTS) is 1. The van der Waals surface area contributed by atoms with Gasteiger partial charge in [0.25, 0.3) is 5.91 Å². The van der Waals surface area contributed by atoms with Crippen LogP contribution in [0, 0.1) is 0 Å². The Morgan fingerprint density at radius 2 is 1.96 bits per heavy atom. The molecule has 0 fully saturated rings. The molecule has 2 heterocycles. The van der Waals surface area contributed by atoms with Crippen LogP contribution in [0.25, 0.3) is 0 Å². The molecule has 0 aromatic heterocycles. The van der Waals surface area contributed by atoms with E-state index >= 15 is 0 Å². The Labute approximate surface area is 145 Å². The Bertz CT molecular complexity index is 916. The smallest absolute Gasteiger partial charge is 0.336 e. The fourth-order valence-corrected chi connectivity index (χ4v) is 4.20. The molecule has 2 aromatic rings. The fraction of sp³-hybridized carbons (Fsp3) is 0.300. The van der Waals surface area contributed by atoms with Crippen molar-refractivity contribution in [3.8, 4) is 5.75 Å². The maximum atomic E-state index is 13.2. The number of hydrogen-bond acceptors (Lipinski definition) is 3. The number of amides is 1. The standard InChI is InChI=1S/C20H19NO4/c1-20(2)10-14-11-6-4-7-12(19(23)24)16(11)18(22)21(14)17-13(20)8-5-9-15(17)25-3/h4-9,14H,10H2,1-3H3,(H,23,24)/t14-/m1/s1. The molecule has 0 unspecified atom stereocenters. The third kappa shape index (κ3) is 2.02. The Morgan fingerprint density at radius 3 is 2.64 bits per heavy atom. The average Bonchev–Trinajstić information content (AvgIpc) is 2.86. The molecule has 4 rings (SSSR count). The second-order valence-electron chi connectivity index (χ2n) is 7.21. The highest BCUT2D eigenvalue weighted by Crippen LogP contribution is 2.55. The van der Waals surface area contributed by atoms with Crippen molar-refractivity contribution in [3.63, 3.8) is 0 Å². The van der Waals surface area contributed by atoms with Gasteiger partial charge in [0.15, 0.2) is 0 Å². The number of ether oxygens (including phenoxy) is 1. The number of nitrogens with zero attached hydrogens (tertiary/aromatic N) is 1. The molecule has 0 aliphatic carbocycles. The van der Waals surface area contributed by atoms with E-state index in [-0.39, 0.29) is 22.9 Å². The van der Waals surface area contributed by atoms with Gasteiger partial charge in [-0.2, -0.15) is 0 Å². The summed E-state index contributed by atoms with van der Waals surface area (Å²) in [5, 5.41) is 9.50. The quantitative estimate of drug-likeness (QED) is 0.906. The maximum absolute atomic E-state index is 13.2. The molecule has 0 radical (unpaired) electrons. The molecule has 0 bridgehead atoms. The highest BCUT2D eigenvalue weighted by Gasteiger charge is 2.48. The minimum atomic E-state index is -1.08. The average molecular weight is 337 g/mol. The van der Waals surface area contributed by atoms with E-state index in [0.29, 0.717) is 11.3 Å². The highest BCUT2D eigenvalue weighted by molar-refractivity contribution is 6.17. The van der Waals surface area contributed by atoms with E-state index < -0.39 is 5.97 Å². The van der Waals surface area contributed by atoms with Crippen molar-refractivity contribution in [2.45, 2.75) is 31.7 Å². The lowest BCUT2D eigenvalue weighted by Gasteiger charge is -2.42. The van der Waals surface area contributed by atoms with Gasteiger partial charge in [-0.15, -0.1) is 0 Å². The van der Waals surface area contributed by atoms with Crippen molar-refractivity contribution in [3.05, 3.63) is 58.7 Å². The lowest BCUT2D eigenvalue weighted by molar-refractivity contribution is 0.0692. The summed E-state index contributed by atoms with van der Waals surface area (Å²) in [5.41, 5.74) is 2.78. The minimum Gasteiger partial charge on any atom is -0.495 e. The number of carboxylic acids is 1. The summed E-state index contributed by atoms with van der Waals surface area (Å²) in [6, 6.07) is 10.7. The van der Waals surface area contributed by atoms with Crippen LogP contribution in [0.15, 0.2) is 36.4 Å². The predicted octanol–water partition coefficient (Wildman–Crippen LogP) is 3.78. The number of fused-ring (bicyclic) bond motifs is 5. The molecule has 5 nitrogen and oxygen atoms in total. The number of anilines is 1. The molecule has 0 saturated heterocycles. The summed E-state index contributed by atoms with van der Waals surface area (Å²) >= 11 is 0. The minimum absolute atomic E-state index is 0.0613. The van der Waals surface area contributed by atoms with Gasteiger partial charge in [0.2, 0.25) is 0 Å². The third-order valence-corrected chi connectivity index (χ3v) is 5.32. The van der Waals surface area contributed by atoms with E-state index in [2.05, 4.69) is 13.8 Å². The van der Waals surface area contributed by atoms with Gasteiger partial charge in [-0.25, -0.2) is 4.79 Å². The van der Waals surface area contributed by atoms with Gasteiger partial charge >= 0.3 is 5.97 Å². The summed E-state index contributed by atoms with van der Waals surface area (Å²) < 4.78 is 5.53. The summed E-state index contributed by atoms with van der Waals surface area (Å²) in [5.74, 6) is -0.711. The highest BCUT2D eigenvalue weighted by atomic mass is 16.5. The van der Waals surface area contributed by atoms with Crippen LogP contribution in [0.3, 0.4) is 0 Å². The van der Waals surface area contributed by atoms with E-state index in [0.717, 1.165) is 23.2 Å². The predicted molar refractivity (Wildman–Crippen MR) is 93.6 cm³/mol. The summed E-state index contributed by atoms with van der Waals surface area (Å²) in [4.78, 5) is 26.5. The molecule has 1 N–H and O–H groups in total. The van der Waals surface area contributed by atoms with Gasteiger partial charge in [0, 0.05) is 0 Å². The SMILES string of the molecule is COc1cccc2c1N1C(=O)c3c(C(=O)O)cccc3[C@H]1CC2(C)C. The molecule has 0 saturated carbocycles. The molecular formula is C20H19NO4. The molecule has 1 amide bonds. The number of aromatic carboxylic acids is 1. The van der Waals surface area contributed by atoms with Gasteiger partial charge in [-0.05, 0) is 35.1 Å². The summed E-state index contributed by atoms with van der Waals surface area (Å²) in [7, 11) is 1.59. The molecule has 2 aliphatic rings. The van der Waals surface area contributed by atoms with E-state index in [1.807, 2.05) is 24.3 Å². The Hall–Kier alpha value is -2.82. The van der Waals surface area contributed by atoms with E-state index in [1.165, 1.54) is 6.07 Å². The molecular weight excluding hydrogens is 318 g/mol. The second kappa shape index (κ2) is 5.09. The number of rotatable bonds is 2. The zero-order chi connectivity index (χ0) is 17.9. The van der Waals surface area contributed by atoms with E-state index in [1.54, 1.807) is 18.1 Å². The molecule has 2 aromatic carbocycles. The topological polar surface area (TPSA) is 66.8 Å². The van der Waals surface area contributed by atoms with Crippen LogP contribution in [0.4, 0.5) is 5.69 Å². The summed E-state index contributed by atoms with van der Waals surface area (Å²) in [6.45, 7) is 4.29. The second-order valence-corrected chi connectivity index (χ2v) is 7.21. The van der Waals surface area contributed by atoms with Crippen molar-refractivity contribution in [2.75, 3.05) is 12.0 Å². The van der Waals surface area contributed by atoms with Crippen LogP contribution in [0.2, 0.25) is 0 Å². The van der Waals surface area contributed by atoms with Crippen molar-refractivity contribution < 1.29 is 19.4 Å². The van der Waals surface area contributed by atoms with Crippen LogP contribution in [0.5, 0.6) is 5.75 Å². The monoisotopic (exact) mass is 337 g/mol. The number of methoxy groups -OCH3 is 1. The number of hydrogen-bond donors (Lipinski definition) is 1. The molecule has 0 spiro atoms. The lowest BCUT2D eigenvalue weighted by Crippen LogP contribution is -2.39. The third-order valence-electron chi connectivity index (χ3n) is 5.32. The number of carbonyl (C=O) groups is 2. The molecule has 1 atom stereocenters. The normalized spacial score (nSPS) is 19.9. The first kappa shape index (κ1) is 15.7. The van der Waals surface area contributed by atoms with Gasteiger partial charge in [-0.1, -0.05) is 38.1 Å². The Morgan fingerprint density at radius 1 is 1.24 bits per heavy atom. The molecule has 2 aliphatic heterocycles. The van der Waals surface area contributed by atoms with Gasteiger partial charge < -0.3 is 9.84 Å². The Kier molecular flexibility index (Phi) is 3.19. The van der Waals surface area contributed by atoms with E-state index in [4.69, 9.17) is 4.74 Å². The van der Waals surface area contributed by atoms with Gasteiger partial charge in [0.1, 0.15) is 5.75 Å². The number of carbonyl (C=O) groups excluding carboxylic acids is 1. The zero-order valence-corrected chi connectivity index (χ0v) is 14.4. The zero-order valence-electron chi connectivity index (χ0n) is 14.4. The molecule has 128 valence electrons. The first-order valence-corrected chi connectivity index (χ1v) is 8.24. The van der Waals surface area contributed by atoms with Crippen LogP contribution in [-0.2, 0) is 5.41 Å². The van der Waals surface area contributed by atoms with Crippen LogP contribution >= 0.6 is 0 Å². The largest absolute Gasteiger partial charge is 0.495 e. The van der Waals surface area contributed by atoms with Crippen LogP contribution in [0.1, 0.15) is 58.2 Å².